The molecular formula is C16H14N4O2. The van der Waals surface area contributed by atoms with Gasteiger partial charge in [0.1, 0.15) is 13.2 Å². The van der Waals surface area contributed by atoms with Gasteiger partial charge in [0, 0.05) is 11.1 Å². The van der Waals surface area contributed by atoms with E-state index in [0.717, 1.165) is 22.5 Å². The van der Waals surface area contributed by atoms with Crippen LogP contribution in [0.5, 0.6) is 0 Å². The minimum Gasteiger partial charge on any atom is -0.459 e. The molecule has 2 aromatic carbocycles. The van der Waals surface area contributed by atoms with Crippen LogP contribution >= 0.6 is 0 Å². The summed E-state index contributed by atoms with van der Waals surface area (Å²) in [5, 5.41) is 0. The van der Waals surface area contributed by atoms with Gasteiger partial charge in [-0.25, -0.2) is 10.9 Å². The number of benzene rings is 2. The Labute approximate surface area is 127 Å². The largest absolute Gasteiger partial charge is 0.459 e. The van der Waals surface area contributed by atoms with E-state index in [1.165, 1.54) is 0 Å². The first-order valence-electron chi connectivity index (χ1n) is 6.99. The van der Waals surface area contributed by atoms with Gasteiger partial charge in [0.15, 0.2) is 0 Å². The van der Waals surface area contributed by atoms with Crippen LogP contribution in [-0.4, -0.2) is 12.0 Å². The molecule has 2 aromatic rings. The number of hydrogen-bond donors (Lipinski definition) is 2. The zero-order valence-corrected chi connectivity index (χ0v) is 11.7. The summed E-state index contributed by atoms with van der Waals surface area (Å²) in [6.45, 7) is 0.972. The highest BCUT2D eigenvalue weighted by atomic mass is 16.5. The Hall–Kier alpha value is -3.02. The lowest BCUT2D eigenvalue weighted by atomic mass is 10.2. The number of nitrogens with zero attached hydrogens (tertiary/aromatic N) is 2. The van der Waals surface area contributed by atoms with Crippen LogP contribution in [0.25, 0.3) is 0 Å². The van der Waals surface area contributed by atoms with Crippen molar-refractivity contribution in [1.82, 2.24) is 10.9 Å². The molecule has 6 heteroatoms. The van der Waals surface area contributed by atoms with Crippen molar-refractivity contribution in [1.29, 1.82) is 0 Å². The van der Waals surface area contributed by atoms with Crippen molar-refractivity contribution >= 4 is 23.4 Å². The lowest BCUT2D eigenvalue weighted by molar-refractivity contribution is 0.251. The first-order valence-corrected chi connectivity index (χ1v) is 6.99. The van der Waals surface area contributed by atoms with Gasteiger partial charge in [-0.05, 0) is 12.1 Å². The topological polar surface area (TPSA) is 67.2 Å². The number of aliphatic imine (C=N–C) groups is 2. The molecule has 0 radical (unpaired) electrons. The Kier molecular flexibility index (Phi) is 3.12. The molecular weight excluding hydrogens is 280 g/mol. The third-order valence-electron chi connectivity index (χ3n) is 3.43. The summed E-state index contributed by atoms with van der Waals surface area (Å²) < 4.78 is 11.1. The molecule has 6 nitrogen and oxygen atoms in total. The number of hydrazine groups is 1. The van der Waals surface area contributed by atoms with Gasteiger partial charge in [-0.15, -0.1) is 0 Å². The first-order chi connectivity index (χ1) is 10.9. The Morgan fingerprint density at radius 1 is 0.682 bits per heavy atom. The van der Waals surface area contributed by atoms with Crippen LogP contribution in [0.4, 0.5) is 11.4 Å². The number of para-hydroxylation sites is 2. The molecule has 2 N–H and O–H groups in total. The highest BCUT2D eigenvalue weighted by molar-refractivity contribution is 5.84. The number of fused-ring (bicyclic) bond motifs is 2. The summed E-state index contributed by atoms with van der Waals surface area (Å²) in [5.41, 5.74) is 9.69. The fraction of sp³-hybridized carbons (Fsp3) is 0.125. The summed E-state index contributed by atoms with van der Waals surface area (Å²) in [4.78, 5) is 8.77. The van der Waals surface area contributed by atoms with E-state index in [-0.39, 0.29) is 0 Å². The molecule has 0 saturated heterocycles. The fourth-order valence-corrected chi connectivity index (χ4v) is 2.29. The summed E-state index contributed by atoms with van der Waals surface area (Å²) in [5.74, 6) is 0. The summed E-state index contributed by atoms with van der Waals surface area (Å²) in [6, 6.07) is 16.5. The molecule has 0 fully saturated rings. The second-order valence-electron chi connectivity index (χ2n) is 4.92. The van der Waals surface area contributed by atoms with Crippen molar-refractivity contribution in [2.45, 2.75) is 13.2 Å². The molecule has 110 valence electrons. The van der Waals surface area contributed by atoms with Crippen LogP contribution in [0.2, 0.25) is 0 Å². The van der Waals surface area contributed by atoms with E-state index < -0.39 is 0 Å². The first kappa shape index (κ1) is 12.7. The second kappa shape index (κ2) is 5.40. The second-order valence-corrected chi connectivity index (χ2v) is 4.92. The van der Waals surface area contributed by atoms with Crippen molar-refractivity contribution in [3.63, 3.8) is 0 Å². The third kappa shape index (κ3) is 2.46. The Morgan fingerprint density at radius 3 is 1.64 bits per heavy atom. The van der Waals surface area contributed by atoms with Crippen molar-refractivity contribution in [3.05, 3.63) is 59.7 Å². The molecule has 0 amide bonds. The molecule has 0 unspecified atom stereocenters. The highest BCUT2D eigenvalue weighted by Gasteiger charge is 2.15. The van der Waals surface area contributed by atoms with Crippen LogP contribution in [0.3, 0.4) is 0 Å². The minimum atomic E-state index is 0.392. The smallest absolute Gasteiger partial charge is 0.309 e. The number of hydrogen-bond acceptors (Lipinski definition) is 6. The molecule has 2 heterocycles. The van der Waals surface area contributed by atoms with Gasteiger partial charge < -0.3 is 9.47 Å². The lowest BCUT2D eigenvalue weighted by Crippen LogP contribution is -2.44. The van der Waals surface area contributed by atoms with E-state index >= 15 is 0 Å². The van der Waals surface area contributed by atoms with Gasteiger partial charge in [0.05, 0.1) is 11.4 Å². The number of ether oxygens (including phenoxy) is 2. The molecule has 2 aliphatic rings. The van der Waals surface area contributed by atoms with Gasteiger partial charge in [-0.1, -0.05) is 36.4 Å². The zero-order chi connectivity index (χ0) is 14.8. The van der Waals surface area contributed by atoms with Crippen LogP contribution in [0, 0.1) is 0 Å². The Balaban J connectivity index is 1.46. The minimum absolute atomic E-state index is 0.392. The predicted molar refractivity (Wildman–Crippen MR) is 82.9 cm³/mol. The number of amidine groups is 2. The molecule has 0 aromatic heterocycles. The molecule has 4 rings (SSSR count). The van der Waals surface area contributed by atoms with Crippen LogP contribution < -0.4 is 10.9 Å². The predicted octanol–water partition coefficient (Wildman–Crippen LogP) is 2.52. The third-order valence-corrected chi connectivity index (χ3v) is 3.43. The van der Waals surface area contributed by atoms with Crippen molar-refractivity contribution in [2.75, 3.05) is 0 Å². The normalized spacial score (nSPS) is 15.3. The van der Waals surface area contributed by atoms with Crippen molar-refractivity contribution in [3.8, 4) is 0 Å². The van der Waals surface area contributed by atoms with Crippen LogP contribution in [-0.2, 0) is 22.7 Å². The van der Waals surface area contributed by atoms with E-state index in [0.29, 0.717) is 25.3 Å². The molecule has 2 aliphatic heterocycles. The van der Waals surface area contributed by atoms with Crippen molar-refractivity contribution in [2.24, 2.45) is 9.98 Å². The van der Waals surface area contributed by atoms with Gasteiger partial charge in [0.25, 0.3) is 0 Å². The maximum Gasteiger partial charge on any atom is 0.309 e. The molecule has 0 atom stereocenters. The fourth-order valence-electron chi connectivity index (χ4n) is 2.29. The highest BCUT2D eigenvalue weighted by Crippen LogP contribution is 2.24. The molecule has 0 bridgehead atoms. The average molecular weight is 294 g/mol. The maximum absolute atomic E-state index is 5.53. The van der Waals surface area contributed by atoms with E-state index in [1.54, 1.807) is 0 Å². The number of nitrogens with one attached hydrogen (secondary N) is 2. The Bertz CT molecular complexity index is 705. The van der Waals surface area contributed by atoms with Crippen LogP contribution in [0.15, 0.2) is 58.5 Å². The van der Waals surface area contributed by atoms with E-state index in [2.05, 4.69) is 20.8 Å². The van der Waals surface area contributed by atoms with Gasteiger partial charge in [-0.3, -0.25) is 0 Å². The van der Waals surface area contributed by atoms with E-state index in [4.69, 9.17) is 9.47 Å². The summed E-state index contributed by atoms with van der Waals surface area (Å²) in [7, 11) is 0. The van der Waals surface area contributed by atoms with Gasteiger partial charge in [0.2, 0.25) is 0 Å². The monoisotopic (exact) mass is 294 g/mol. The van der Waals surface area contributed by atoms with Gasteiger partial charge in [-0.2, -0.15) is 9.98 Å². The lowest BCUT2D eigenvalue weighted by Gasteiger charge is -2.20. The van der Waals surface area contributed by atoms with Gasteiger partial charge >= 0.3 is 12.0 Å². The average Bonchev–Trinajstić information content (AvgIpc) is 2.59. The molecule has 0 saturated carbocycles. The Morgan fingerprint density at radius 2 is 1.14 bits per heavy atom. The standard InChI is InChI=1S/C16H14N4O2/c1-3-7-13-11(5-1)9-21-15(17-13)19-20-16-18-14-8-4-2-6-12(14)10-22-16/h1-8H,9-10H2,(H,17,19)(H,18,20). The van der Waals surface area contributed by atoms with E-state index in [9.17, 15) is 0 Å². The van der Waals surface area contributed by atoms with E-state index in [1.807, 2.05) is 48.5 Å². The zero-order valence-electron chi connectivity index (χ0n) is 11.7. The number of rotatable bonds is 0. The van der Waals surface area contributed by atoms with Crippen LogP contribution in [0.1, 0.15) is 11.1 Å². The SMILES string of the molecule is c1ccc2c(c1)COC(NNC1=Nc3ccccc3CO1)=N2. The maximum atomic E-state index is 5.53. The quantitative estimate of drug-likeness (QED) is 0.733. The molecule has 22 heavy (non-hydrogen) atoms. The molecule has 0 spiro atoms. The summed E-state index contributed by atoms with van der Waals surface area (Å²) in [6.07, 6.45) is 0. The van der Waals surface area contributed by atoms with Crippen molar-refractivity contribution < 1.29 is 9.47 Å². The summed E-state index contributed by atoms with van der Waals surface area (Å²) >= 11 is 0. The molecule has 0 aliphatic carbocycles.